The maximum atomic E-state index is 6.19. The van der Waals surface area contributed by atoms with E-state index in [4.69, 9.17) is 4.43 Å². The van der Waals surface area contributed by atoms with Gasteiger partial charge in [-0.3, -0.25) is 0 Å². The molecular formula is C15H24OSi. The minimum atomic E-state index is -1.04. The summed E-state index contributed by atoms with van der Waals surface area (Å²) in [4.78, 5) is 0. The van der Waals surface area contributed by atoms with Gasteiger partial charge in [0.1, 0.15) is 0 Å². The lowest BCUT2D eigenvalue weighted by molar-refractivity contribution is 0.0866. The Balaban J connectivity index is 3.00. The van der Waals surface area contributed by atoms with E-state index in [-0.39, 0.29) is 11.5 Å². The lowest BCUT2D eigenvalue weighted by Gasteiger charge is -2.33. The molecule has 1 aromatic carbocycles. The maximum Gasteiger partial charge on any atom is 0.171 e. The van der Waals surface area contributed by atoms with Gasteiger partial charge in [0, 0.05) is 0 Å². The number of benzene rings is 1. The maximum absolute atomic E-state index is 6.19. The predicted molar refractivity (Wildman–Crippen MR) is 78.7 cm³/mol. The van der Waals surface area contributed by atoms with Crippen molar-refractivity contribution in [1.29, 1.82) is 0 Å². The van der Waals surface area contributed by atoms with E-state index in [0.717, 1.165) is 5.56 Å². The molecule has 1 unspecified atom stereocenters. The first-order valence-corrected chi connectivity index (χ1v) is 9.00. The molecule has 0 fully saturated rings. The molecule has 0 aromatic heterocycles. The third kappa shape index (κ3) is 4.13. The molecule has 0 heterocycles. The summed E-state index contributed by atoms with van der Waals surface area (Å²) in [5, 5.41) is 0. The van der Waals surface area contributed by atoms with E-state index < -0.39 is 9.04 Å². The second-order valence-electron chi connectivity index (χ2n) is 5.80. The van der Waals surface area contributed by atoms with Crippen LogP contribution in [0, 0.1) is 5.41 Å². The van der Waals surface area contributed by atoms with Crippen molar-refractivity contribution in [3.63, 3.8) is 0 Å². The minimum absolute atomic E-state index is 0.132. The van der Waals surface area contributed by atoms with Crippen molar-refractivity contribution in [3.05, 3.63) is 42.0 Å². The fraction of sp³-hybridized carbons (Fsp3) is 0.467. The van der Waals surface area contributed by atoms with Crippen molar-refractivity contribution in [3.8, 4) is 0 Å². The highest BCUT2D eigenvalue weighted by molar-refractivity contribution is 6.48. The van der Waals surface area contributed by atoms with E-state index in [2.05, 4.69) is 64.7 Å². The highest BCUT2D eigenvalue weighted by atomic mass is 28.3. The molecule has 0 aliphatic carbocycles. The Hall–Kier alpha value is -0.863. The van der Waals surface area contributed by atoms with Gasteiger partial charge in [-0.25, -0.2) is 0 Å². The SMILES string of the molecule is C=Cc1ccc(C(O[SiH](C)C)C(C)(C)C)cc1. The lowest BCUT2D eigenvalue weighted by atomic mass is 9.84. The topological polar surface area (TPSA) is 9.23 Å². The molecule has 17 heavy (non-hydrogen) atoms. The zero-order valence-corrected chi connectivity index (χ0v) is 12.8. The predicted octanol–water partition coefficient (Wildman–Crippen LogP) is 4.42. The van der Waals surface area contributed by atoms with E-state index in [1.807, 2.05) is 6.08 Å². The van der Waals surface area contributed by atoms with Crippen LogP contribution >= 0.6 is 0 Å². The molecule has 0 aliphatic heterocycles. The highest BCUT2D eigenvalue weighted by Crippen LogP contribution is 2.36. The molecule has 0 bridgehead atoms. The van der Waals surface area contributed by atoms with Crippen LogP contribution in [0.3, 0.4) is 0 Å². The van der Waals surface area contributed by atoms with Crippen LogP contribution in [0.5, 0.6) is 0 Å². The second kappa shape index (κ2) is 5.65. The van der Waals surface area contributed by atoms with Crippen LogP contribution < -0.4 is 0 Å². The fourth-order valence-electron chi connectivity index (χ4n) is 1.86. The molecule has 94 valence electrons. The average Bonchev–Trinajstić information content (AvgIpc) is 2.24. The molecule has 0 saturated carbocycles. The molecule has 1 atom stereocenters. The van der Waals surface area contributed by atoms with Gasteiger partial charge < -0.3 is 4.43 Å². The molecule has 1 rings (SSSR count). The molecule has 0 amide bonds. The Morgan fingerprint density at radius 1 is 1.18 bits per heavy atom. The summed E-state index contributed by atoms with van der Waals surface area (Å²) < 4.78 is 6.19. The normalized spacial score (nSPS) is 13.8. The van der Waals surface area contributed by atoms with Crippen molar-refractivity contribution in [2.75, 3.05) is 0 Å². The lowest BCUT2D eigenvalue weighted by Crippen LogP contribution is -2.25. The van der Waals surface area contributed by atoms with Crippen LogP contribution in [0.1, 0.15) is 38.0 Å². The number of hydrogen-bond donors (Lipinski definition) is 0. The average molecular weight is 248 g/mol. The first kappa shape index (κ1) is 14.2. The van der Waals surface area contributed by atoms with Crippen molar-refractivity contribution >= 4 is 15.1 Å². The summed E-state index contributed by atoms with van der Waals surface area (Å²) in [5.74, 6) is 0. The fourth-order valence-corrected chi connectivity index (χ4v) is 2.97. The van der Waals surface area contributed by atoms with E-state index in [1.54, 1.807) is 0 Å². The van der Waals surface area contributed by atoms with E-state index in [9.17, 15) is 0 Å². The van der Waals surface area contributed by atoms with Gasteiger partial charge in [-0.15, -0.1) is 0 Å². The van der Waals surface area contributed by atoms with Gasteiger partial charge in [0.2, 0.25) is 0 Å². The van der Waals surface area contributed by atoms with Crippen molar-refractivity contribution in [1.82, 2.24) is 0 Å². The molecule has 0 aliphatic rings. The molecule has 0 spiro atoms. The Labute approximate surface area is 107 Å². The molecule has 1 nitrogen and oxygen atoms in total. The van der Waals surface area contributed by atoms with Gasteiger partial charge >= 0.3 is 0 Å². The van der Waals surface area contributed by atoms with Crippen LogP contribution in [0.4, 0.5) is 0 Å². The van der Waals surface area contributed by atoms with Crippen LogP contribution in [-0.2, 0) is 4.43 Å². The van der Waals surface area contributed by atoms with Gasteiger partial charge in [0.25, 0.3) is 0 Å². The molecule has 2 heteroatoms. The summed E-state index contributed by atoms with van der Waals surface area (Å²) >= 11 is 0. The molecule has 0 N–H and O–H groups in total. The first-order valence-electron chi connectivity index (χ1n) is 6.22. The third-order valence-corrected chi connectivity index (χ3v) is 3.49. The Morgan fingerprint density at radius 3 is 2.06 bits per heavy atom. The van der Waals surface area contributed by atoms with Gasteiger partial charge in [-0.2, -0.15) is 0 Å². The molecule has 0 saturated heterocycles. The number of hydrogen-bond acceptors (Lipinski definition) is 1. The minimum Gasteiger partial charge on any atom is -0.413 e. The third-order valence-electron chi connectivity index (χ3n) is 2.67. The molecule has 1 aromatic rings. The van der Waals surface area contributed by atoms with Gasteiger partial charge in [0.15, 0.2) is 9.04 Å². The van der Waals surface area contributed by atoms with E-state index in [0.29, 0.717) is 0 Å². The van der Waals surface area contributed by atoms with Crippen LogP contribution in [0.2, 0.25) is 13.1 Å². The van der Waals surface area contributed by atoms with Crippen LogP contribution in [-0.4, -0.2) is 9.04 Å². The van der Waals surface area contributed by atoms with Crippen molar-refractivity contribution in [2.45, 2.75) is 40.0 Å². The monoisotopic (exact) mass is 248 g/mol. The smallest absolute Gasteiger partial charge is 0.171 e. The summed E-state index contributed by atoms with van der Waals surface area (Å²) in [6.45, 7) is 14.9. The summed E-state index contributed by atoms with van der Waals surface area (Å²) in [6, 6.07) is 8.52. The summed E-state index contributed by atoms with van der Waals surface area (Å²) in [6.07, 6.45) is 2.06. The van der Waals surface area contributed by atoms with Gasteiger partial charge in [0.05, 0.1) is 6.10 Å². The van der Waals surface area contributed by atoms with Crippen molar-refractivity contribution in [2.24, 2.45) is 5.41 Å². The van der Waals surface area contributed by atoms with Crippen LogP contribution in [0.15, 0.2) is 30.8 Å². The quantitative estimate of drug-likeness (QED) is 0.717. The summed E-state index contributed by atoms with van der Waals surface area (Å²) in [7, 11) is -1.04. The standard InChI is InChI=1S/C15H24OSi/c1-7-12-8-10-13(11-9-12)14(15(2,3)4)16-17(5)6/h7-11,14,17H,1H2,2-6H3. The number of rotatable bonds is 4. The highest BCUT2D eigenvalue weighted by Gasteiger charge is 2.27. The van der Waals surface area contributed by atoms with E-state index >= 15 is 0 Å². The molecular weight excluding hydrogens is 224 g/mol. The van der Waals surface area contributed by atoms with Crippen LogP contribution in [0.25, 0.3) is 6.08 Å². The van der Waals surface area contributed by atoms with Crippen molar-refractivity contribution < 1.29 is 4.43 Å². The Bertz CT molecular complexity index is 360. The van der Waals surface area contributed by atoms with Gasteiger partial charge in [-0.05, 0) is 29.6 Å². The zero-order valence-electron chi connectivity index (χ0n) is 11.7. The molecule has 0 radical (unpaired) electrons. The largest absolute Gasteiger partial charge is 0.413 e. The second-order valence-corrected chi connectivity index (χ2v) is 8.17. The zero-order chi connectivity index (χ0) is 13.1. The Morgan fingerprint density at radius 2 is 1.71 bits per heavy atom. The van der Waals surface area contributed by atoms with E-state index in [1.165, 1.54) is 5.56 Å². The Kier molecular flexibility index (Phi) is 4.72. The first-order chi connectivity index (χ1) is 7.84. The van der Waals surface area contributed by atoms with Gasteiger partial charge in [-0.1, -0.05) is 57.7 Å². The summed E-state index contributed by atoms with van der Waals surface area (Å²) in [5.41, 5.74) is 2.56.